The van der Waals surface area contributed by atoms with Gasteiger partial charge in [-0.25, -0.2) is 13.1 Å². The lowest BCUT2D eigenvalue weighted by molar-refractivity contribution is -0.121. The summed E-state index contributed by atoms with van der Waals surface area (Å²) in [6, 6.07) is 23.5. The Hall–Kier alpha value is -3.16. The van der Waals surface area contributed by atoms with Crippen LogP contribution in [0.2, 0.25) is 0 Å². The van der Waals surface area contributed by atoms with Gasteiger partial charge in [-0.05, 0) is 60.7 Å². The molecule has 1 amide bonds. The molecule has 2 N–H and O–H groups in total. The normalized spacial score (nSPS) is 12.2. The molecule has 3 rings (SSSR count). The number of amides is 1. The van der Waals surface area contributed by atoms with E-state index in [2.05, 4.69) is 10.0 Å². The minimum absolute atomic E-state index is 0.0291. The Morgan fingerprint density at radius 1 is 0.879 bits per heavy atom. The molecule has 174 valence electrons. The van der Waals surface area contributed by atoms with Crippen LogP contribution in [0.4, 0.5) is 0 Å². The van der Waals surface area contributed by atoms with Gasteiger partial charge < -0.3 is 10.1 Å². The van der Waals surface area contributed by atoms with Gasteiger partial charge in [0.05, 0.1) is 12.0 Å². The Kier molecular flexibility index (Phi) is 8.63. The van der Waals surface area contributed by atoms with Crippen LogP contribution in [0.1, 0.15) is 36.1 Å². The fourth-order valence-electron chi connectivity index (χ4n) is 3.43. The highest BCUT2D eigenvalue weighted by Crippen LogP contribution is 2.18. The van der Waals surface area contributed by atoms with E-state index < -0.39 is 10.0 Å². The lowest BCUT2D eigenvalue weighted by Crippen LogP contribution is -2.27. The van der Waals surface area contributed by atoms with E-state index in [1.807, 2.05) is 61.5 Å². The molecule has 0 aliphatic rings. The van der Waals surface area contributed by atoms with Gasteiger partial charge in [-0.15, -0.1) is 0 Å². The van der Waals surface area contributed by atoms with Crippen molar-refractivity contribution in [1.29, 1.82) is 0 Å². The minimum atomic E-state index is -3.64. The zero-order chi connectivity index (χ0) is 23.7. The number of rotatable bonds is 11. The highest BCUT2D eigenvalue weighted by Gasteiger charge is 2.18. The van der Waals surface area contributed by atoms with Crippen LogP contribution in [-0.4, -0.2) is 28.0 Å². The molecule has 1 atom stereocenters. The Morgan fingerprint density at radius 3 is 2.12 bits per heavy atom. The van der Waals surface area contributed by atoms with Crippen LogP contribution < -0.4 is 14.8 Å². The summed E-state index contributed by atoms with van der Waals surface area (Å²) in [4.78, 5) is 12.4. The Balaban J connectivity index is 1.45. The lowest BCUT2D eigenvalue weighted by Gasteiger charge is -2.15. The summed E-state index contributed by atoms with van der Waals surface area (Å²) in [7, 11) is -2.01. The van der Waals surface area contributed by atoms with Gasteiger partial charge in [0.25, 0.3) is 0 Å². The first-order valence-electron chi connectivity index (χ1n) is 10.9. The first-order valence-corrected chi connectivity index (χ1v) is 12.4. The van der Waals surface area contributed by atoms with E-state index in [4.69, 9.17) is 4.74 Å². The summed E-state index contributed by atoms with van der Waals surface area (Å²) in [5, 5.41) is 2.93. The molecule has 0 unspecified atom stereocenters. The number of benzene rings is 3. The third-order valence-electron chi connectivity index (χ3n) is 5.40. The maximum absolute atomic E-state index is 12.7. The number of nitrogens with one attached hydrogen (secondary N) is 2. The number of carbonyl (C=O) groups excluding carboxylic acids is 1. The van der Waals surface area contributed by atoms with Crippen LogP contribution in [0.5, 0.6) is 5.75 Å². The molecule has 3 aromatic rings. The molecular formula is C26H30N2O4S. The largest absolute Gasteiger partial charge is 0.497 e. The minimum Gasteiger partial charge on any atom is -0.497 e. The van der Waals surface area contributed by atoms with Crippen molar-refractivity contribution in [3.05, 3.63) is 95.6 Å². The lowest BCUT2D eigenvalue weighted by atomic mass is 10.1. The average molecular weight is 467 g/mol. The molecule has 0 bridgehead atoms. The topological polar surface area (TPSA) is 84.5 Å². The summed E-state index contributed by atoms with van der Waals surface area (Å²) in [6.45, 7) is 2.38. The van der Waals surface area contributed by atoms with Gasteiger partial charge in [0, 0.05) is 19.0 Å². The summed E-state index contributed by atoms with van der Waals surface area (Å²) in [5.74, 6) is 0.779. The van der Waals surface area contributed by atoms with Crippen molar-refractivity contribution in [3.8, 4) is 5.75 Å². The van der Waals surface area contributed by atoms with Crippen LogP contribution in [0.25, 0.3) is 0 Å². The molecule has 0 radical (unpaired) electrons. The molecular weight excluding hydrogens is 436 g/mol. The molecule has 7 heteroatoms. The van der Waals surface area contributed by atoms with Crippen LogP contribution >= 0.6 is 0 Å². The SMILES string of the molecule is COc1ccc(CCNC(=O)CCc2ccc(S(=O)(=O)N[C@H](C)c3ccccc3)cc2)cc1. The Labute approximate surface area is 196 Å². The maximum Gasteiger partial charge on any atom is 0.241 e. The van der Waals surface area contributed by atoms with Crippen LogP contribution in [0.3, 0.4) is 0 Å². The third-order valence-corrected chi connectivity index (χ3v) is 6.96. The number of methoxy groups -OCH3 is 1. The second kappa shape index (κ2) is 11.6. The second-order valence-electron chi connectivity index (χ2n) is 7.85. The number of sulfonamides is 1. The number of ether oxygens (including phenoxy) is 1. The fraction of sp³-hybridized carbons (Fsp3) is 0.269. The number of hydrogen-bond acceptors (Lipinski definition) is 4. The monoisotopic (exact) mass is 466 g/mol. The van der Waals surface area contributed by atoms with E-state index in [-0.39, 0.29) is 16.8 Å². The van der Waals surface area contributed by atoms with Crippen molar-refractivity contribution in [2.24, 2.45) is 0 Å². The van der Waals surface area contributed by atoms with E-state index in [1.54, 1.807) is 31.4 Å². The van der Waals surface area contributed by atoms with Crippen molar-refractivity contribution in [2.45, 2.75) is 37.1 Å². The van der Waals surface area contributed by atoms with Crippen LogP contribution in [-0.2, 0) is 27.7 Å². The predicted molar refractivity (Wildman–Crippen MR) is 130 cm³/mol. The van der Waals surface area contributed by atoms with E-state index in [0.29, 0.717) is 19.4 Å². The van der Waals surface area contributed by atoms with Gasteiger partial charge in [-0.2, -0.15) is 0 Å². The smallest absolute Gasteiger partial charge is 0.241 e. The molecule has 0 aromatic heterocycles. The van der Waals surface area contributed by atoms with Crippen molar-refractivity contribution in [2.75, 3.05) is 13.7 Å². The first kappa shape index (κ1) is 24.5. The highest BCUT2D eigenvalue weighted by molar-refractivity contribution is 7.89. The molecule has 0 heterocycles. The summed E-state index contributed by atoms with van der Waals surface area (Å²) in [5.41, 5.74) is 2.94. The molecule has 0 aliphatic carbocycles. The number of hydrogen-bond donors (Lipinski definition) is 2. The van der Waals surface area contributed by atoms with E-state index in [0.717, 1.165) is 28.9 Å². The molecule has 0 spiro atoms. The van der Waals surface area contributed by atoms with E-state index >= 15 is 0 Å². The van der Waals surface area contributed by atoms with Crippen LogP contribution in [0, 0.1) is 0 Å². The number of carbonyl (C=O) groups is 1. The Bertz CT molecular complexity index is 1130. The van der Waals surface area contributed by atoms with Crippen molar-refractivity contribution in [1.82, 2.24) is 10.0 Å². The standard InChI is InChI=1S/C26H30N2O4S/c1-20(23-6-4-3-5-7-23)28-33(30,31)25-15-10-21(11-16-25)12-17-26(29)27-19-18-22-8-13-24(32-2)14-9-22/h3-11,13-16,20,28H,12,17-19H2,1-2H3,(H,27,29)/t20-/m1/s1. The molecule has 0 saturated heterocycles. The maximum atomic E-state index is 12.7. The summed E-state index contributed by atoms with van der Waals surface area (Å²) >= 11 is 0. The zero-order valence-electron chi connectivity index (χ0n) is 19.0. The second-order valence-corrected chi connectivity index (χ2v) is 9.56. The fourth-order valence-corrected chi connectivity index (χ4v) is 4.66. The molecule has 33 heavy (non-hydrogen) atoms. The van der Waals surface area contributed by atoms with Crippen LogP contribution in [0.15, 0.2) is 83.8 Å². The first-order chi connectivity index (χ1) is 15.9. The molecule has 0 aliphatic heterocycles. The van der Waals surface area contributed by atoms with E-state index in [9.17, 15) is 13.2 Å². The van der Waals surface area contributed by atoms with E-state index in [1.165, 1.54) is 0 Å². The van der Waals surface area contributed by atoms with Gasteiger partial charge in [-0.1, -0.05) is 54.6 Å². The highest BCUT2D eigenvalue weighted by atomic mass is 32.2. The molecule has 0 saturated carbocycles. The molecule has 0 fully saturated rings. The summed E-state index contributed by atoms with van der Waals surface area (Å²) in [6.07, 6.45) is 1.64. The van der Waals surface area contributed by atoms with Gasteiger partial charge in [-0.3, -0.25) is 4.79 Å². The average Bonchev–Trinajstić information content (AvgIpc) is 2.84. The molecule has 3 aromatic carbocycles. The quantitative estimate of drug-likeness (QED) is 0.447. The van der Waals surface area contributed by atoms with Gasteiger partial charge in [0.2, 0.25) is 15.9 Å². The van der Waals surface area contributed by atoms with Crippen molar-refractivity contribution in [3.63, 3.8) is 0 Å². The number of aryl methyl sites for hydroxylation is 1. The zero-order valence-corrected chi connectivity index (χ0v) is 19.8. The predicted octanol–water partition coefficient (Wildman–Crippen LogP) is 4.03. The van der Waals surface area contributed by atoms with Crippen molar-refractivity contribution < 1.29 is 17.9 Å². The van der Waals surface area contributed by atoms with Crippen molar-refractivity contribution >= 4 is 15.9 Å². The Morgan fingerprint density at radius 2 is 1.48 bits per heavy atom. The molecule has 6 nitrogen and oxygen atoms in total. The van der Waals surface area contributed by atoms with Gasteiger partial charge in [0.15, 0.2) is 0 Å². The third kappa shape index (κ3) is 7.44. The van der Waals surface area contributed by atoms with Gasteiger partial charge in [0.1, 0.15) is 5.75 Å². The van der Waals surface area contributed by atoms with Gasteiger partial charge >= 0.3 is 0 Å². The summed E-state index contributed by atoms with van der Waals surface area (Å²) < 4.78 is 33.2.